The molecule has 1 unspecified atom stereocenters. The summed E-state index contributed by atoms with van der Waals surface area (Å²) in [4.78, 5) is 4.32. The molecule has 2 rings (SSSR count). The topological polar surface area (TPSA) is 57.4 Å². The molecule has 1 aromatic heterocycles. The van der Waals surface area contributed by atoms with E-state index in [1.165, 1.54) is 0 Å². The lowest BCUT2D eigenvalue weighted by Crippen LogP contribution is -2.15. The predicted molar refractivity (Wildman–Crippen MR) is 74.6 cm³/mol. The van der Waals surface area contributed by atoms with E-state index in [-0.39, 0.29) is 6.04 Å². The molecule has 0 bridgehead atoms. The van der Waals surface area contributed by atoms with E-state index in [2.05, 4.69) is 4.98 Å². The van der Waals surface area contributed by atoms with Crippen LogP contribution in [0.2, 0.25) is 0 Å². The normalized spacial score (nSPS) is 12.0. The van der Waals surface area contributed by atoms with Crippen molar-refractivity contribution in [3.63, 3.8) is 0 Å². The van der Waals surface area contributed by atoms with Crippen molar-refractivity contribution >= 4 is 0 Å². The van der Waals surface area contributed by atoms with Crippen LogP contribution in [0.5, 0.6) is 11.5 Å². The number of aromatic nitrogens is 1. The quantitative estimate of drug-likeness (QED) is 0.915. The lowest BCUT2D eigenvalue weighted by molar-refractivity contribution is 0.404. The maximum atomic E-state index is 6.27. The van der Waals surface area contributed by atoms with E-state index in [0.29, 0.717) is 5.75 Å². The molecule has 100 valence electrons. The van der Waals surface area contributed by atoms with Gasteiger partial charge in [0.15, 0.2) is 0 Å². The van der Waals surface area contributed by atoms with Crippen LogP contribution in [0.3, 0.4) is 0 Å². The summed E-state index contributed by atoms with van der Waals surface area (Å²) >= 11 is 0. The molecule has 4 heteroatoms. The van der Waals surface area contributed by atoms with Crippen LogP contribution in [-0.2, 0) is 0 Å². The van der Waals surface area contributed by atoms with E-state index in [4.69, 9.17) is 15.2 Å². The minimum absolute atomic E-state index is 0.319. The highest BCUT2D eigenvalue weighted by atomic mass is 16.5. The van der Waals surface area contributed by atoms with E-state index in [0.717, 1.165) is 22.6 Å². The average molecular weight is 258 g/mol. The Bertz CT molecular complexity index is 570. The van der Waals surface area contributed by atoms with Crippen LogP contribution in [0.25, 0.3) is 0 Å². The van der Waals surface area contributed by atoms with E-state index in [9.17, 15) is 0 Å². The fraction of sp³-hybridized carbons (Fsp3) is 0.267. The molecule has 0 spiro atoms. The zero-order chi connectivity index (χ0) is 13.8. The molecule has 0 aliphatic rings. The van der Waals surface area contributed by atoms with Gasteiger partial charge in [0.05, 0.1) is 20.3 Å². The number of hydrogen-bond donors (Lipinski definition) is 1. The van der Waals surface area contributed by atoms with Crippen LogP contribution in [0.1, 0.15) is 22.9 Å². The summed E-state index contributed by atoms with van der Waals surface area (Å²) in [5.41, 5.74) is 9.03. The van der Waals surface area contributed by atoms with Gasteiger partial charge < -0.3 is 15.2 Å². The van der Waals surface area contributed by atoms with Gasteiger partial charge in [-0.3, -0.25) is 4.98 Å². The first-order valence-electron chi connectivity index (χ1n) is 6.06. The Morgan fingerprint density at radius 1 is 1.11 bits per heavy atom. The number of nitrogens with two attached hydrogens (primary N) is 1. The van der Waals surface area contributed by atoms with Crippen molar-refractivity contribution in [2.75, 3.05) is 14.2 Å². The molecule has 0 fully saturated rings. The van der Waals surface area contributed by atoms with Gasteiger partial charge in [-0.05, 0) is 36.2 Å². The molecule has 1 atom stereocenters. The third kappa shape index (κ3) is 2.69. The zero-order valence-corrected chi connectivity index (χ0v) is 11.4. The highest BCUT2D eigenvalue weighted by Gasteiger charge is 2.16. The van der Waals surface area contributed by atoms with Gasteiger partial charge in [0.1, 0.15) is 17.2 Å². The van der Waals surface area contributed by atoms with Gasteiger partial charge in [0.25, 0.3) is 0 Å². The lowest BCUT2D eigenvalue weighted by Gasteiger charge is -2.16. The molecule has 2 N–H and O–H groups in total. The Labute approximate surface area is 113 Å². The Morgan fingerprint density at radius 2 is 1.84 bits per heavy atom. The second-order valence-corrected chi connectivity index (χ2v) is 4.30. The molecule has 4 nitrogen and oxygen atoms in total. The minimum atomic E-state index is -0.319. The molecule has 0 amide bonds. The number of benzene rings is 1. The number of aryl methyl sites for hydroxylation is 1. The van der Waals surface area contributed by atoms with Gasteiger partial charge >= 0.3 is 0 Å². The fourth-order valence-electron chi connectivity index (χ4n) is 2.06. The first-order chi connectivity index (χ1) is 9.17. The molecular weight excluding hydrogens is 240 g/mol. The average Bonchev–Trinajstić information content (AvgIpc) is 2.46. The molecule has 0 saturated carbocycles. The molecule has 1 aromatic carbocycles. The van der Waals surface area contributed by atoms with Crippen LogP contribution in [0.15, 0.2) is 36.5 Å². The van der Waals surface area contributed by atoms with E-state index in [1.807, 2.05) is 37.3 Å². The maximum absolute atomic E-state index is 6.27. The monoisotopic (exact) mass is 258 g/mol. The summed E-state index contributed by atoms with van der Waals surface area (Å²) in [6.45, 7) is 1.99. The minimum Gasteiger partial charge on any atom is -0.496 e. The maximum Gasteiger partial charge on any atom is 0.142 e. The fourth-order valence-corrected chi connectivity index (χ4v) is 2.06. The Hall–Kier alpha value is -2.07. The van der Waals surface area contributed by atoms with Crippen molar-refractivity contribution in [3.05, 3.63) is 53.3 Å². The molecule has 1 heterocycles. The zero-order valence-electron chi connectivity index (χ0n) is 11.4. The van der Waals surface area contributed by atoms with Crippen molar-refractivity contribution in [1.82, 2.24) is 4.98 Å². The Balaban J connectivity index is 2.38. The molecular formula is C15H18N2O2. The number of rotatable bonds is 4. The van der Waals surface area contributed by atoms with Gasteiger partial charge in [-0.2, -0.15) is 0 Å². The van der Waals surface area contributed by atoms with Crippen molar-refractivity contribution < 1.29 is 9.47 Å². The molecule has 19 heavy (non-hydrogen) atoms. The second kappa shape index (κ2) is 5.71. The highest BCUT2D eigenvalue weighted by Crippen LogP contribution is 2.28. The Kier molecular flexibility index (Phi) is 4.02. The number of ether oxygens (including phenoxy) is 2. The third-order valence-corrected chi connectivity index (χ3v) is 3.09. The number of methoxy groups -OCH3 is 2. The van der Waals surface area contributed by atoms with E-state index < -0.39 is 0 Å². The van der Waals surface area contributed by atoms with Crippen LogP contribution in [0.4, 0.5) is 0 Å². The summed E-state index contributed by atoms with van der Waals surface area (Å²) in [6.07, 6.45) is 1.72. The van der Waals surface area contributed by atoms with Crippen LogP contribution in [-0.4, -0.2) is 19.2 Å². The van der Waals surface area contributed by atoms with Gasteiger partial charge in [0.2, 0.25) is 0 Å². The summed E-state index contributed by atoms with van der Waals surface area (Å²) < 4.78 is 10.5. The van der Waals surface area contributed by atoms with Crippen LogP contribution < -0.4 is 15.2 Å². The van der Waals surface area contributed by atoms with Crippen molar-refractivity contribution in [2.45, 2.75) is 13.0 Å². The van der Waals surface area contributed by atoms with Gasteiger partial charge in [0, 0.05) is 6.20 Å². The molecule has 0 aliphatic heterocycles. The SMILES string of the molecule is COc1ccc(C(N)c2ncccc2OC)cc1C. The summed E-state index contributed by atoms with van der Waals surface area (Å²) in [5, 5.41) is 0. The van der Waals surface area contributed by atoms with Crippen LogP contribution >= 0.6 is 0 Å². The molecule has 0 aliphatic carbocycles. The summed E-state index contributed by atoms with van der Waals surface area (Å²) in [6, 6.07) is 9.25. The van der Waals surface area contributed by atoms with E-state index >= 15 is 0 Å². The highest BCUT2D eigenvalue weighted by molar-refractivity contribution is 5.42. The first-order valence-corrected chi connectivity index (χ1v) is 6.06. The van der Waals surface area contributed by atoms with Crippen LogP contribution in [0, 0.1) is 6.92 Å². The predicted octanol–water partition coefficient (Wildman–Crippen LogP) is 2.46. The van der Waals surface area contributed by atoms with Crippen molar-refractivity contribution in [1.29, 1.82) is 0 Å². The lowest BCUT2D eigenvalue weighted by atomic mass is 10.0. The molecule has 0 saturated heterocycles. The van der Waals surface area contributed by atoms with Crippen molar-refractivity contribution in [3.8, 4) is 11.5 Å². The van der Waals surface area contributed by atoms with Crippen molar-refractivity contribution in [2.24, 2.45) is 5.73 Å². The number of hydrogen-bond acceptors (Lipinski definition) is 4. The smallest absolute Gasteiger partial charge is 0.142 e. The number of pyridine rings is 1. The second-order valence-electron chi connectivity index (χ2n) is 4.30. The van der Waals surface area contributed by atoms with Gasteiger partial charge in [-0.1, -0.05) is 12.1 Å². The first kappa shape index (κ1) is 13.4. The van der Waals surface area contributed by atoms with E-state index in [1.54, 1.807) is 20.4 Å². The number of nitrogens with zero attached hydrogens (tertiary/aromatic N) is 1. The standard InChI is InChI=1S/C15H18N2O2/c1-10-9-11(6-7-12(10)18-2)14(16)15-13(19-3)5-4-8-17-15/h4-9,14H,16H2,1-3H3. The largest absolute Gasteiger partial charge is 0.496 e. The summed E-state index contributed by atoms with van der Waals surface area (Å²) in [7, 11) is 3.27. The Morgan fingerprint density at radius 3 is 2.47 bits per heavy atom. The molecule has 0 radical (unpaired) electrons. The van der Waals surface area contributed by atoms with Gasteiger partial charge in [-0.25, -0.2) is 0 Å². The molecule has 2 aromatic rings. The summed E-state index contributed by atoms with van der Waals surface area (Å²) in [5.74, 6) is 1.55. The third-order valence-electron chi connectivity index (χ3n) is 3.09. The van der Waals surface area contributed by atoms with Gasteiger partial charge in [-0.15, -0.1) is 0 Å².